The van der Waals surface area contributed by atoms with Crippen LogP contribution in [0.5, 0.6) is 0 Å². The van der Waals surface area contributed by atoms with Gasteiger partial charge in [-0.15, -0.1) is 0 Å². The molecular weight excluding hydrogens is 498 g/mol. The predicted octanol–water partition coefficient (Wildman–Crippen LogP) is 3.17. The Kier molecular flexibility index (Phi) is 7.57. The third kappa shape index (κ3) is 5.16. The number of hydrogen-bond donors (Lipinski definition) is 3. The first kappa shape index (κ1) is 26.3. The minimum atomic E-state index is -0.935. The highest BCUT2D eigenvalue weighted by Crippen LogP contribution is 2.45. The molecular formula is C30H37N3O6. The molecule has 4 aliphatic heterocycles. The van der Waals surface area contributed by atoms with Crippen molar-refractivity contribution in [2.75, 3.05) is 31.6 Å². The van der Waals surface area contributed by atoms with Crippen molar-refractivity contribution in [2.24, 2.45) is 5.92 Å². The van der Waals surface area contributed by atoms with E-state index in [1.165, 1.54) is 0 Å². The van der Waals surface area contributed by atoms with Crippen molar-refractivity contribution in [3.8, 4) is 0 Å². The van der Waals surface area contributed by atoms with E-state index in [1.807, 2.05) is 54.6 Å². The third-order valence-corrected chi connectivity index (χ3v) is 8.72. The Balaban J connectivity index is 1.21. The van der Waals surface area contributed by atoms with E-state index in [4.69, 9.17) is 14.2 Å². The molecule has 6 rings (SSSR count). The Morgan fingerprint density at radius 2 is 1.95 bits per heavy atom. The van der Waals surface area contributed by atoms with E-state index in [2.05, 4.69) is 15.5 Å². The Morgan fingerprint density at radius 1 is 1.13 bits per heavy atom. The Hall–Kier alpha value is -2.98. The second-order valence-electron chi connectivity index (χ2n) is 11.1. The lowest BCUT2D eigenvalue weighted by Gasteiger charge is -2.40. The third-order valence-electron chi connectivity index (χ3n) is 8.72. The number of carbonyl (C=O) groups excluding carboxylic acids is 2. The Morgan fingerprint density at radius 3 is 2.82 bits per heavy atom. The van der Waals surface area contributed by atoms with Gasteiger partial charge in [0.2, 0.25) is 5.91 Å². The van der Waals surface area contributed by atoms with E-state index >= 15 is 0 Å². The highest BCUT2D eigenvalue weighted by molar-refractivity contribution is 6.05. The van der Waals surface area contributed by atoms with Crippen LogP contribution in [0.4, 0.5) is 10.5 Å². The van der Waals surface area contributed by atoms with Gasteiger partial charge in [-0.3, -0.25) is 9.69 Å². The number of nitrogens with zero attached hydrogens (tertiary/aromatic N) is 1. The van der Waals surface area contributed by atoms with Crippen LogP contribution in [0.3, 0.4) is 0 Å². The highest BCUT2D eigenvalue weighted by atomic mass is 16.7. The van der Waals surface area contributed by atoms with E-state index in [-0.39, 0.29) is 30.8 Å². The standard InChI is InChI=1S/C30H37N3O6/c34-25(18-33-15-8-2-7-14-30(33)22-11-5-6-12-23(22)31-28(30)35)24(17-20-9-3-1-4-10-20)32-29(36)39-26-19-38-27-21(26)13-16-37-27/h1,3-6,9-12,21,24-27,34H,2,7-8,13-19H2,(H,31,35)(H,32,36)/t21?,24?,25?,26?,27?,30-/m1/s1. The van der Waals surface area contributed by atoms with Crippen LogP contribution in [0, 0.1) is 5.92 Å². The summed E-state index contributed by atoms with van der Waals surface area (Å²) in [6.45, 7) is 1.83. The van der Waals surface area contributed by atoms with Crippen molar-refractivity contribution in [1.29, 1.82) is 0 Å². The molecule has 6 atom stereocenters. The number of hydrogen-bond acceptors (Lipinski definition) is 7. The molecule has 0 saturated carbocycles. The Labute approximate surface area is 228 Å². The predicted molar refractivity (Wildman–Crippen MR) is 144 cm³/mol. The van der Waals surface area contributed by atoms with Gasteiger partial charge in [-0.05, 0) is 43.9 Å². The molecule has 5 unspecified atom stereocenters. The lowest BCUT2D eigenvalue weighted by atomic mass is 9.84. The quantitative estimate of drug-likeness (QED) is 0.500. The summed E-state index contributed by atoms with van der Waals surface area (Å²) in [5.74, 6) is -0.00880. The molecule has 0 aromatic heterocycles. The number of likely N-dealkylation sites (tertiary alicyclic amines) is 1. The van der Waals surface area contributed by atoms with Crippen molar-refractivity contribution in [3.63, 3.8) is 0 Å². The zero-order valence-electron chi connectivity index (χ0n) is 22.1. The van der Waals surface area contributed by atoms with E-state index < -0.39 is 23.8 Å². The number of para-hydroxylation sites is 1. The van der Waals surface area contributed by atoms with Gasteiger partial charge in [0.05, 0.1) is 31.3 Å². The second-order valence-corrected chi connectivity index (χ2v) is 11.1. The molecule has 2 aromatic carbocycles. The first-order valence-corrected chi connectivity index (χ1v) is 14.1. The van der Waals surface area contributed by atoms with Crippen molar-refractivity contribution in [1.82, 2.24) is 10.2 Å². The number of rotatable bonds is 7. The number of benzene rings is 2. The normalized spacial score (nSPS) is 29.8. The summed E-state index contributed by atoms with van der Waals surface area (Å²) in [6, 6.07) is 17.0. The summed E-state index contributed by atoms with van der Waals surface area (Å²) < 4.78 is 16.9. The monoisotopic (exact) mass is 535 g/mol. The lowest BCUT2D eigenvalue weighted by Crippen LogP contribution is -2.57. The molecule has 3 N–H and O–H groups in total. The second kappa shape index (κ2) is 11.3. The highest BCUT2D eigenvalue weighted by Gasteiger charge is 2.52. The van der Waals surface area contributed by atoms with Crippen LogP contribution >= 0.6 is 0 Å². The van der Waals surface area contributed by atoms with Crippen LogP contribution in [-0.4, -0.2) is 72.8 Å². The molecule has 0 radical (unpaired) electrons. The number of aliphatic hydroxyl groups excluding tert-OH is 1. The van der Waals surface area contributed by atoms with Crippen LogP contribution in [-0.2, 0) is 31.0 Å². The van der Waals surface area contributed by atoms with Crippen molar-refractivity contribution in [2.45, 2.75) is 68.6 Å². The number of carbonyl (C=O) groups is 2. The maximum atomic E-state index is 13.5. The zero-order valence-corrected chi connectivity index (χ0v) is 22.1. The molecule has 2 aromatic rings. The molecule has 39 heavy (non-hydrogen) atoms. The molecule has 4 heterocycles. The first-order valence-electron chi connectivity index (χ1n) is 14.1. The largest absolute Gasteiger partial charge is 0.443 e. The SMILES string of the molecule is O=C(NC(Cc1ccccc1)C(O)CN1CCCCC[C@@]12C(=O)Nc1ccccc12)OC1COC2OCCC12. The number of anilines is 1. The fourth-order valence-corrected chi connectivity index (χ4v) is 6.69. The average molecular weight is 536 g/mol. The van der Waals surface area contributed by atoms with Gasteiger partial charge >= 0.3 is 6.09 Å². The number of β-amino-alcohol motifs (C(OH)–C–C–N with tert-alkyl or cyclic N) is 1. The van der Waals surface area contributed by atoms with Crippen molar-refractivity contribution in [3.05, 3.63) is 65.7 Å². The number of nitrogens with one attached hydrogen (secondary N) is 2. The van der Waals surface area contributed by atoms with Gasteiger partial charge in [-0.2, -0.15) is 0 Å². The summed E-state index contributed by atoms with van der Waals surface area (Å²) >= 11 is 0. The number of fused-ring (bicyclic) bond motifs is 3. The Bertz CT molecular complexity index is 1180. The summed E-state index contributed by atoms with van der Waals surface area (Å²) in [7, 11) is 0. The molecule has 3 saturated heterocycles. The summed E-state index contributed by atoms with van der Waals surface area (Å²) in [5.41, 5.74) is 1.96. The number of aliphatic hydroxyl groups is 1. The molecule has 9 nitrogen and oxygen atoms in total. The first-order chi connectivity index (χ1) is 19.0. The molecule has 4 aliphatic rings. The summed E-state index contributed by atoms with van der Waals surface area (Å²) in [4.78, 5) is 28.7. The molecule has 1 spiro atoms. The number of alkyl carbamates (subject to hydrolysis) is 1. The van der Waals surface area contributed by atoms with Crippen molar-refractivity contribution < 1.29 is 28.9 Å². The maximum absolute atomic E-state index is 13.5. The van der Waals surface area contributed by atoms with Gasteiger partial charge in [-0.1, -0.05) is 61.4 Å². The maximum Gasteiger partial charge on any atom is 0.407 e. The van der Waals surface area contributed by atoms with Gasteiger partial charge < -0.3 is 30.0 Å². The van der Waals surface area contributed by atoms with Gasteiger partial charge in [0, 0.05) is 17.8 Å². The number of amides is 2. The van der Waals surface area contributed by atoms with Gasteiger partial charge in [0.15, 0.2) is 6.29 Å². The zero-order chi connectivity index (χ0) is 26.8. The topological polar surface area (TPSA) is 109 Å². The number of ether oxygens (including phenoxy) is 3. The minimum Gasteiger partial charge on any atom is -0.443 e. The molecule has 0 aliphatic carbocycles. The van der Waals surface area contributed by atoms with Gasteiger partial charge in [0.25, 0.3) is 0 Å². The molecule has 2 amide bonds. The van der Waals surface area contributed by atoms with Crippen LogP contribution in [0.25, 0.3) is 0 Å². The van der Waals surface area contributed by atoms with E-state index in [9.17, 15) is 14.7 Å². The van der Waals surface area contributed by atoms with Crippen LogP contribution in [0.15, 0.2) is 54.6 Å². The van der Waals surface area contributed by atoms with Crippen molar-refractivity contribution >= 4 is 17.7 Å². The smallest absolute Gasteiger partial charge is 0.407 e. The fourth-order valence-electron chi connectivity index (χ4n) is 6.69. The lowest BCUT2D eigenvalue weighted by molar-refractivity contribution is -0.129. The molecule has 208 valence electrons. The van der Waals surface area contributed by atoms with E-state index in [0.717, 1.165) is 42.5 Å². The van der Waals surface area contributed by atoms with Crippen LogP contribution in [0.1, 0.15) is 43.2 Å². The van der Waals surface area contributed by atoms with Crippen LogP contribution in [0.2, 0.25) is 0 Å². The summed E-state index contributed by atoms with van der Waals surface area (Å²) in [5, 5.41) is 17.7. The molecule has 9 heteroatoms. The minimum absolute atomic E-state index is 0.0335. The summed E-state index contributed by atoms with van der Waals surface area (Å²) in [6.07, 6.45) is 2.60. The average Bonchev–Trinajstić information content (AvgIpc) is 3.58. The molecule has 3 fully saturated rings. The van der Waals surface area contributed by atoms with E-state index in [0.29, 0.717) is 32.6 Å². The van der Waals surface area contributed by atoms with Gasteiger partial charge in [-0.25, -0.2) is 4.79 Å². The fraction of sp³-hybridized carbons (Fsp3) is 0.533. The van der Waals surface area contributed by atoms with Crippen LogP contribution < -0.4 is 10.6 Å². The molecule has 0 bridgehead atoms. The van der Waals surface area contributed by atoms with Gasteiger partial charge in [0.1, 0.15) is 11.6 Å². The van der Waals surface area contributed by atoms with E-state index in [1.54, 1.807) is 0 Å².